The van der Waals surface area contributed by atoms with Gasteiger partial charge in [0, 0.05) is 17.3 Å². The third kappa shape index (κ3) is 3.65. The summed E-state index contributed by atoms with van der Waals surface area (Å²) in [5.41, 5.74) is 6.16. The van der Waals surface area contributed by atoms with Gasteiger partial charge in [0.15, 0.2) is 0 Å². The molecule has 0 aromatic heterocycles. The van der Waals surface area contributed by atoms with Crippen molar-refractivity contribution in [3.05, 3.63) is 29.8 Å². The van der Waals surface area contributed by atoms with E-state index in [2.05, 4.69) is 5.32 Å². The number of carbonyl (C=O) groups excluding carboxylic acids is 1. The second-order valence-corrected chi connectivity index (χ2v) is 5.19. The van der Waals surface area contributed by atoms with Gasteiger partial charge in [0.05, 0.1) is 5.92 Å². The average Bonchev–Trinajstić information content (AvgIpc) is 2.38. The lowest BCUT2D eigenvalue weighted by molar-refractivity contribution is -0.182. The van der Waals surface area contributed by atoms with E-state index in [4.69, 9.17) is 5.73 Å². The van der Waals surface area contributed by atoms with Crippen LogP contribution in [0.15, 0.2) is 24.3 Å². The van der Waals surface area contributed by atoms with Crippen molar-refractivity contribution >= 4 is 11.6 Å². The van der Waals surface area contributed by atoms with Gasteiger partial charge in [-0.1, -0.05) is 12.5 Å². The molecule has 1 amide bonds. The molecule has 6 heteroatoms. The molecule has 1 saturated carbocycles. The number of halogens is 3. The van der Waals surface area contributed by atoms with E-state index in [9.17, 15) is 18.0 Å². The van der Waals surface area contributed by atoms with Crippen molar-refractivity contribution in [3.8, 4) is 0 Å². The van der Waals surface area contributed by atoms with Gasteiger partial charge in [-0.05, 0) is 37.5 Å². The number of primary amides is 1. The first-order chi connectivity index (χ1) is 9.36. The monoisotopic (exact) mass is 286 g/mol. The van der Waals surface area contributed by atoms with Crippen LogP contribution in [0, 0.1) is 5.92 Å². The number of alkyl halides is 3. The minimum Gasteiger partial charge on any atom is -0.382 e. The lowest BCUT2D eigenvalue weighted by atomic mass is 9.85. The number of hydrogen-bond donors (Lipinski definition) is 2. The first kappa shape index (κ1) is 14.7. The van der Waals surface area contributed by atoms with Crippen LogP contribution in [-0.4, -0.2) is 18.1 Å². The number of rotatable bonds is 3. The van der Waals surface area contributed by atoms with E-state index < -0.39 is 18.0 Å². The van der Waals surface area contributed by atoms with E-state index in [1.54, 1.807) is 24.3 Å². The summed E-state index contributed by atoms with van der Waals surface area (Å²) < 4.78 is 38.2. The van der Waals surface area contributed by atoms with Crippen LogP contribution < -0.4 is 11.1 Å². The number of amides is 1. The van der Waals surface area contributed by atoms with E-state index in [-0.39, 0.29) is 18.9 Å². The van der Waals surface area contributed by atoms with Crippen LogP contribution in [0.5, 0.6) is 0 Å². The zero-order chi connectivity index (χ0) is 14.8. The molecule has 1 aliphatic rings. The van der Waals surface area contributed by atoms with Gasteiger partial charge < -0.3 is 11.1 Å². The Balaban J connectivity index is 2.03. The first-order valence-corrected chi connectivity index (χ1v) is 6.59. The predicted octanol–water partition coefficient (Wildman–Crippen LogP) is 3.32. The minimum atomic E-state index is -4.13. The Kier molecular flexibility index (Phi) is 4.20. The van der Waals surface area contributed by atoms with Crippen LogP contribution in [0.4, 0.5) is 18.9 Å². The zero-order valence-corrected chi connectivity index (χ0v) is 10.9. The third-order valence-corrected chi connectivity index (χ3v) is 3.65. The molecule has 2 atom stereocenters. The van der Waals surface area contributed by atoms with Crippen LogP contribution in [0.1, 0.15) is 36.0 Å². The van der Waals surface area contributed by atoms with Crippen molar-refractivity contribution in [2.75, 3.05) is 5.32 Å². The van der Waals surface area contributed by atoms with Crippen LogP contribution in [0.25, 0.3) is 0 Å². The van der Waals surface area contributed by atoms with Crippen molar-refractivity contribution in [1.82, 2.24) is 0 Å². The summed E-state index contributed by atoms with van der Waals surface area (Å²) in [5, 5.41) is 3.07. The molecule has 3 nitrogen and oxygen atoms in total. The fraction of sp³-hybridized carbons (Fsp3) is 0.500. The third-order valence-electron chi connectivity index (χ3n) is 3.65. The van der Waals surface area contributed by atoms with Crippen molar-refractivity contribution in [1.29, 1.82) is 0 Å². The number of nitrogens with two attached hydrogens (primary N) is 1. The highest BCUT2D eigenvalue weighted by Gasteiger charge is 2.42. The molecule has 0 heterocycles. The van der Waals surface area contributed by atoms with E-state index in [1.165, 1.54) is 0 Å². The molecule has 1 aromatic carbocycles. The molecule has 2 rings (SSSR count). The Bertz CT molecular complexity index is 488. The highest BCUT2D eigenvalue weighted by Crippen LogP contribution is 2.38. The molecule has 20 heavy (non-hydrogen) atoms. The number of carbonyl (C=O) groups is 1. The second kappa shape index (κ2) is 5.73. The maximum absolute atomic E-state index is 12.7. The van der Waals surface area contributed by atoms with Gasteiger partial charge >= 0.3 is 6.18 Å². The summed E-state index contributed by atoms with van der Waals surface area (Å²) in [6, 6.07) is 6.31. The molecule has 2 unspecified atom stereocenters. The Morgan fingerprint density at radius 1 is 1.30 bits per heavy atom. The molecule has 0 radical (unpaired) electrons. The maximum Gasteiger partial charge on any atom is 0.391 e. The quantitative estimate of drug-likeness (QED) is 0.895. The predicted molar refractivity (Wildman–Crippen MR) is 70.4 cm³/mol. The fourth-order valence-corrected chi connectivity index (χ4v) is 2.62. The molecule has 1 aromatic rings. The Hall–Kier alpha value is -1.72. The smallest absolute Gasteiger partial charge is 0.382 e. The Morgan fingerprint density at radius 3 is 2.70 bits per heavy atom. The van der Waals surface area contributed by atoms with Crippen LogP contribution in [-0.2, 0) is 0 Å². The van der Waals surface area contributed by atoms with E-state index >= 15 is 0 Å². The van der Waals surface area contributed by atoms with Gasteiger partial charge in [-0.25, -0.2) is 0 Å². The van der Waals surface area contributed by atoms with Gasteiger partial charge in [-0.15, -0.1) is 0 Å². The van der Waals surface area contributed by atoms with Crippen LogP contribution in [0.3, 0.4) is 0 Å². The molecule has 110 valence electrons. The molecule has 0 bridgehead atoms. The fourth-order valence-electron chi connectivity index (χ4n) is 2.62. The Morgan fingerprint density at radius 2 is 2.05 bits per heavy atom. The van der Waals surface area contributed by atoms with Crippen molar-refractivity contribution < 1.29 is 18.0 Å². The summed E-state index contributed by atoms with van der Waals surface area (Å²) in [4.78, 5) is 11.1. The standard InChI is InChI=1S/C14H17F3N2O/c15-14(16,17)10-4-2-6-12(8-10)19-11-5-1-3-9(7-11)13(18)20/h1,3,5,7,10,12,19H,2,4,6,8H2,(H2,18,20). The summed E-state index contributed by atoms with van der Waals surface area (Å²) in [5.74, 6) is -1.79. The average molecular weight is 286 g/mol. The van der Waals surface area contributed by atoms with Gasteiger partial charge in [0.1, 0.15) is 0 Å². The van der Waals surface area contributed by atoms with E-state index in [0.717, 1.165) is 0 Å². The normalized spacial score (nSPS) is 23.4. The van der Waals surface area contributed by atoms with Crippen molar-refractivity contribution in [2.45, 2.75) is 37.9 Å². The van der Waals surface area contributed by atoms with E-state index in [0.29, 0.717) is 24.1 Å². The van der Waals surface area contributed by atoms with Gasteiger partial charge in [-0.2, -0.15) is 13.2 Å². The topological polar surface area (TPSA) is 55.1 Å². The first-order valence-electron chi connectivity index (χ1n) is 6.59. The molecule has 0 spiro atoms. The van der Waals surface area contributed by atoms with E-state index in [1.807, 2.05) is 0 Å². The van der Waals surface area contributed by atoms with Gasteiger partial charge in [0.25, 0.3) is 0 Å². The molecule has 3 N–H and O–H groups in total. The molecule has 0 saturated heterocycles. The molecule has 1 fully saturated rings. The molecule has 1 aliphatic carbocycles. The molecular weight excluding hydrogens is 269 g/mol. The minimum absolute atomic E-state index is 0.0737. The molecule has 0 aliphatic heterocycles. The number of anilines is 1. The van der Waals surface area contributed by atoms with Crippen molar-refractivity contribution in [3.63, 3.8) is 0 Å². The summed E-state index contributed by atoms with van der Waals surface area (Å²) >= 11 is 0. The summed E-state index contributed by atoms with van der Waals surface area (Å²) in [7, 11) is 0. The highest BCUT2D eigenvalue weighted by atomic mass is 19.4. The Labute approximate surface area is 115 Å². The van der Waals surface area contributed by atoms with Crippen LogP contribution >= 0.6 is 0 Å². The molecular formula is C14H17F3N2O. The second-order valence-electron chi connectivity index (χ2n) is 5.19. The zero-order valence-electron chi connectivity index (χ0n) is 10.9. The summed E-state index contributed by atoms with van der Waals surface area (Å²) in [6.45, 7) is 0. The van der Waals surface area contributed by atoms with Gasteiger partial charge in [0.2, 0.25) is 5.91 Å². The number of nitrogens with one attached hydrogen (secondary N) is 1. The highest BCUT2D eigenvalue weighted by molar-refractivity contribution is 5.93. The lowest BCUT2D eigenvalue weighted by Crippen LogP contribution is -2.34. The number of hydrogen-bond acceptors (Lipinski definition) is 2. The lowest BCUT2D eigenvalue weighted by Gasteiger charge is -2.31. The van der Waals surface area contributed by atoms with Gasteiger partial charge in [-0.3, -0.25) is 4.79 Å². The number of benzene rings is 1. The maximum atomic E-state index is 12.7. The summed E-state index contributed by atoms with van der Waals surface area (Å²) in [6.07, 6.45) is -2.60. The largest absolute Gasteiger partial charge is 0.391 e. The van der Waals surface area contributed by atoms with Crippen molar-refractivity contribution in [2.24, 2.45) is 11.7 Å². The SMILES string of the molecule is NC(=O)c1cccc(NC2CCCC(C(F)(F)F)C2)c1. The van der Waals surface area contributed by atoms with Crippen LogP contribution in [0.2, 0.25) is 0 Å².